The van der Waals surface area contributed by atoms with Crippen LogP contribution in [0.3, 0.4) is 0 Å². The molecule has 3 heterocycles. The highest BCUT2D eigenvalue weighted by Crippen LogP contribution is 2.47. The summed E-state index contributed by atoms with van der Waals surface area (Å²) in [6.07, 6.45) is 2.48. The van der Waals surface area contributed by atoms with Gasteiger partial charge in [-0.1, -0.05) is 13.0 Å². The van der Waals surface area contributed by atoms with Gasteiger partial charge in [0.25, 0.3) is 0 Å². The van der Waals surface area contributed by atoms with E-state index in [1.807, 2.05) is 0 Å². The van der Waals surface area contributed by atoms with Gasteiger partial charge in [0.15, 0.2) is 0 Å². The van der Waals surface area contributed by atoms with E-state index < -0.39 is 0 Å². The van der Waals surface area contributed by atoms with E-state index in [-0.39, 0.29) is 11.9 Å². The van der Waals surface area contributed by atoms with Crippen molar-refractivity contribution in [3.8, 4) is 10.6 Å². The van der Waals surface area contributed by atoms with Gasteiger partial charge in [0.05, 0.1) is 10.2 Å². The smallest absolute Gasteiger partial charge is 0.226 e. The molecule has 1 aliphatic heterocycles. The maximum Gasteiger partial charge on any atom is 0.226 e. The lowest BCUT2D eigenvalue weighted by atomic mass is 9.95. The number of nitrogens with one attached hydrogen (secondary N) is 3. The number of hydrogen-bond donors (Lipinski definition) is 3. The number of aromatic nitrogens is 1. The van der Waals surface area contributed by atoms with Gasteiger partial charge >= 0.3 is 0 Å². The van der Waals surface area contributed by atoms with E-state index in [2.05, 4.69) is 68.8 Å². The minimum Gasteiger partial charge on any atom is -0.317 e. The Bertz CT molecular complexity index is 1090. The Kier molecular flexibility index (Phi) is 6.77. The third-order valence-electron chi connectivity index (χ3n) is 5.94. The highest BCUT2D eigenvalue weighted by Gasteiger charge is 2.30. The van der Waals surface area contributed by atoms with Crippen molar-refractivity contribution in [3.05, 3.63) is 34.2 Å². The molecule has 4 rings (SSSR count). The molecule has 0 radical (unpaired) electrons. The van der Waals surface area contributed by atoms with Crippen molar-refractivity contribution >= 4 is 43.8 Å². The average Bonchev–Trinajstić information content (AvgIpc) is 3.28. The van der Waals surface area contributed by atoms with Crippen LogP contribution in [-0.2, 0) is 11.2 Å². The van der Waals surface area contributed by atoms with Gasteiger partial charge in [-0.05, 0) is 63.8 Å². The van der Waals surface area contributed by atoms with E-state index in [9.17, 15) is 4.79 Å². The van der Waals surface area contributed by atoms with E-state index in [4.69, 9.17) is 4.98 Å². The highest BCUT2D eigenvalue weighted by atomic mass is 32.1. The molecule has 1 amide bonds. The standard InChI is InChI=1S/C24H32N4OS2/c1-6-14(3)25-10-9-20(29)28-24-21(17-12-15(4)26-16(5)22(17)31-24)23-27-18-11-13(2)7-8-19(18)30-23/h7-8,11,14-16,25-26H,6,9-10,12H2,1-5H3,(H,28,29)/t14-,15?,16?/m0/s1. The number of nitrogens with zero attached hydrogens (tertiary/aromatic N) is 1. The molecule has 3 aromatic rings. The normalized spacial score (nSPS) is 19.4. The van der Waals surface area contributed by atoms with Crippen LogP contribution in [-0.4, -0.2) is 29.5 Å². The van der Waals surface area contributed by atoms with Crippen LogP contribution in [0.15, 0.2) is 18.2 Å². The van der Waals surface area contributed by atoms with Gasteiger partial charge in [-0.15, -0.1) is 22.7 Å². The van der Waals surface area contributed by atoms with Crippen LogP contribution < -0.4 is 16.0 Å². The Hall–Kier alpha value is -1.80. The van der Waals surface area contributed by atoms with Crippen LogP contribution in [0.5, 0.6) is 0 Å². The van der Waals surface area contributed by atoms with Crippen molar-refractivity contribution in [2.24, 2.45) is 0 Å². The Morgan fingerprint density at radius 2 is 2.13 bits per heavy atom. The number of hydrogen-bond acceptors (Lipinski definition) is 6. The minimum absolute atomic E-state index is 0.0567. The zero-order valence-electron chi connectivity index (χ0n) is 19.0. The first-order valence-electron chi connectivity index (χ1n) is 11.2. The summed E-state index contributed by atoms with van der Waals surface area (Å²) in [6.45, 7) is 11.5. The third kappa shape index (κ3) is 4.85. The number of carbonyl (C=O) groups excluding carboxylic acids is 1. The molecule has 0 fully saturated rings. The van der Waals surface area contributed by atoms with Crippen LogP contribution in [0.25, 0.3) is 20.8 Å². The molecule has 0 aliphatic carbocycles. The molecule has 0 saturated carbocycles. The molecule has 1 aromatic carbocycles. The van der Waals surface area contributed by atoms with Crippen LogP contribution in [0.4, 0.5) is 5.00 Å². The molecule has 166 valence electrons. The first-order valence-corrected chi connectivity index (χ1v) is 12.8. The van der Waals surface area contributed by atoms with Gasteiger partial charge in [-0.3, -0.25) is 4.79 Å². The zero-order chi connectivity index (χ0) is 22.1. The second-order valence-electron chi connectivity index (χ2n) is 8.69. The van der Waals surface area contributed by atoms with Gasteiger partial charge in [-0.2, -0.15) is 0 Å². The topological polar surface area (TPSA) is 66.0 Å². The summed E-state index contributed by atoms with van der Waals surface area (Å²) in [6, 6.07) is 7.52. The fourth-order valence-corrected chi connectivity index (χ4v) is 6.48. The van der Waals surface area contributed by atoms with Crippen LogP contribution in [0.2, 0.25) is 0 Å². The van der Waals surface area contributed by atoms with Gasteiger partial charge in [0.2, 0.25) is 5.91 Å². The molecule has 0 spiro atoms. The predicted molar refractivity (Wildman–Crippen MR) is 133 cm³/mol. The molecule has 5 nitrogen and oxygen atoms in total. The number of aryl methyl sites for hydroxylation is 1. The van der Waals surface area contributed by atoms with Gasteiger partial charge in [-0.25, -0.2) is 4.98 Å². The molecule has 31 heavy (non-hydrogen) atoms. The summed E-state index contributed by atoms with van der Waals surface area (Å²) in [5.41, 5.74) is 4.71. The van der Waals surface area contributed by atoms with E-state index >= 15 is 0 Å². The number of carbonyl (C=O) groups is 1. The van der Waals surface area contributed by atoms with E-state index in [1.165, 1.54) is 20.7 Å². The third-order valence-corrected chi connectivity index (χ3v) is 8.33. The maximum atomic E-state index is 12.8. The predicted octanol–water partition coefficient (Wildman–Crippen LogP) is 5.65. The SMILES string of the molecule is CC[C@H](C)NCCC(=O)Nc1sc2c(c1-c1nc3cc(C)ccc3s1)CC(C)NC2C. The van der Waals surface area contributed by atoms with Crippen molar-refractivity contribution in [3.63, 3.8) is 0 Å². The lowest BCUT2D eigenvalue weighted by molar-refractivity contribution is -0.116. The summed E-state index contributed by atoms with van der Waals surface area (Å²) < 4.78 is 1.19. The fourth-order valence-electron chi connectivity index (χ4n) is 4.13. The summed E-state index contributed by atoms with van der Waals surface area (Å²) in [4.78, 5) is 19.1. The second kappa shape index (κ2) is 9.36. The molecule has 0 bridgehead atoms. The lowest BCUT2D eigenvalue weighted by Gasteiger charge is -2.26. The maximum absolute atomic E-state index is 12.8. The molecule has 1 aliphatic rings. The van der Waals surface area contributed by atoms with Crippen LogP contribution in [0.1, 0.15) is 62.6 Å². The molecule has 2 aromatic heterocycles. The van der Waals surface area contributed by atoms with Crippen molar-refractivity contribution in [2.75, 3.05) is 11.9 Å². The number of thiazole rings is 1. The van der Waals surface area contributed by atoms with Gasteiger partial charge in [0, 0.05) is 41.5 Å². The van der Waals surface area contributed by atoms with Crippen LogP contribution >= 0.6 is 22.7 Å². The summed E-state index contributed by atoms with van der Waals surface area (Å²) in [5.74, 6) is 0.0567. The Balaban J connectivity index is 1.68. The van der Waals surface area contributed by atoms with Gasteiger partial charge < -0.3 is 16.0 Å². The van der Waals surface area contributed by atoms with Crippen molar-refractivity contribution < 1.29 is 4.79 Å². The number of benzene rings is 1. The Morgan fingerprint density at radius 1 is 1.32 bits per heavy atom. The highest BCUT2D eigenvalue weighted by molar-refractivity contribution is 7.23. The first kappa shape index (κ1) is 22.4. The summed E-state index contributed by atoms with van der Waals surface area (Å²) in [5, 5.41) is 12.2. The van der Waals surface area contributed by atoms with Crippen molar-refractivity contribution in [1.82, 2.24) is 15.6 Å². The molecule has 3 atom stereocenters. The van der Waals surface area contributed by atoms with Crippen molar-refractivity contribution in [2.45, 2.75) is 72.0 Å². The number of amides is 1. The van der Waals surface area contributed by atoms with Crippen LogP contribution in [0, 0.1) is 6.92 Å². The van der Waals surface area contributed by atoms with Gasteiger partial charge in [0.1, 0.15) is 10.0 Å². The summed E-state index contributed by atoms with van der Waals surface area (Å²) >= 11 is 3.42. The second-order valence-corrected chi connectivity index (χ2v) is 10.8. The monoisotopic (exact) mass is 456 g/mol. The Labute approximate surface area is 192 Å². The number of thiophene rings is 1. The molecular formula is C24H32N4OS2. The number of fused-ring (bicyclic) bond motifs is 2. The molecule has 2 unspecified atom stereocenters. The fraction of sp³-hybridized carbons (Fsp3) is 0.500. The quantitative estimate of drug-likeness (QED) is 0.430. The first-order chi connectivity index (χ1) is 14.9. The average molecular weight is 457 g/mol. The lowest BCUT2D eigenvalue weighted by Crippen LogP contribution is -2.35. The Morgan fingerprint density at radius 3 is 2.90 bits per heavy atom. The van der Waals surface area contributed by atoms with E-state index in [1.54, 1.807) is 22.7 Å². The van der Waals surface area contributed by atoms with E-state index in [0.717, 1.165) is 33.9 Å². The zero-order valence-corrected chi connectivity index (χ0v) is 20.6. The molecule has 0 saturated heterocycles. The molecular weight excluding hydrogens is 424 g/mol. The summed E-state index contributed by atoms with van der Waals surface area (Å²) in [7, 11) is 0. The molecule has 7 heteroatoms. The molecule has 3 N–H and O–H groups in total. The number of anilines is 1. The van der Waals surface area contributed by atoms with E-state index in [0.29, 0.717) is 25.0 Å². The van der Waals surface area contributed by atoms with Crippen molar-refractivity contribution in [1.29, 1.82) is 0 Å². The minimum atomic E-state index is 0.0567. The largest absolute Gasteiger partial charge is 0.317 e. The number of rotatable bonds is 7.